The summed E-state index contributed by atoms with van der Waals surface area (Å²) in [6.07, 6.45) is 9.38. The second-order valence-electron chi connectivity index (χ2n) is 11.1. The number of hydrogen-bond acceptors (Lipinski definition) is 7. The third kappa shape index (κ3) is 4.12. The summed E-state index contributed by atoms with van der Waals surface area (Å²) in [5, 5.41) is 0.628. The smallest absolute Gasteiger partial charge is 0.225 e. The van der Waals surface area contributed by atoms with E-state index in [0.29, 0.717) is 46.4 Å². The zero-order chi connectivity index (χ0) is 25.9. The lowest BCUT2D eigenvalue weighted by Crippen LogP contribution is -2.45. The molecule has 0 radical (unpaired) electrons. The van der Waals surface area contributed by atoms with Crippen LogP contribution in [0.4, 0.5) is 10.2 Å². The molecule has 1 amide bonds. The second-order valence-corrected chi connectivity index (χ2v) is 12.3. The molecule has 0 unspecified atom stereocenters. The number of nitrogen functional groups attached to an aromatic ring is 1. The number of rotatable bonds is 6. The van der Waals surface area contributed by atoms with E-state index in [9.17, 15) is 4.79 Å². The maximum atomic E-state index is 15.3. The van der Waals surface area contributed by atoms with Crippen LogP contribution in [0.5, 0.6) is 5.75 Å². The quantitative estimate of drug-likeness (QED) is 0.497. The van der Waals surface area contributed by atoms with Gasteiger partial charge in [-0.3, -0.25) is 4.79 Å². The third-order valence-electron chi connectivity index (χ3n) is 8.81. The van der Waals surface area contributed by atoms with Crippen LogP contribution in [0, 0.1) is 11.7 Å². The first-order valence-electron chi connectivity index (χ1n) is 13.6. The van der Waals surface area contributed by atoms with Crippen LogP contribution in [0.3, 0.4) is 0 Å². The van der Waals surface area contributed by atoms with Gasteiger partial charge in [0, 0.05) is 53.9 Å². The molecule has 7 rings (SSSR count). The molecule has 2 bridgehead atoms. The number of hydrogen-bond donors (Lipinski definition) is 1. The molecule has 2 N–H and O–H groups in total. The van der Waals surface area contributed by atoms with Crippen LogP contribution >= 0.6 is 11.8 Å². The van der Waals surface area contributed by atoms with Gasteiger partial charge in [-0.1, -0.05) is 0 Å². The highest BCUT2D eigenvalue weighted by atomic mass is 32.2. The van der Waals surface area contributed by atoms with Gasteiger partial charge in [0.15, 0.2) is 0 Å². The van der Waals surface area contributed by atoms with Crippen LogP contribution in [-0.4, -0.2) is 68.2 Å². The lowest BCUT2D eigenvalue weighted by Gasteiger charge is -2.39. The summed E-state index contributed by atoms with van der Waals surface area (Å²) >= 11 is 1.90. The Kier molecular flexibility index (Phi) is 6.00. The lowest BCUT2D eigenvalue weighted by molar-refractivity contribution is -0.139. The fraction of sp³-hybridized carbons (Fsp3) is 0.536. The van der Waals surface area contributed by atoms with Crippen molar-refractivity contribution in [3.63, 3.8) is 0 Å². The Bertz CT molecular complexity index is 1380. The number of halogens is 1. The highest BCUT2D eigenvalue weighted by Crippen LogP contribution is 2.46. The summed E-state index contributed by atoms with van der Waals surface area (Å²) in [7, 11) is 0. The molecule has 3 aliphatic heterocycles. The molecule has 4 fully saturated rings. The third-order valence-corrected chi connectivity index (χ3v) is 9.75. The van der Waals surface area contributed by atoms with E-state index >= 15 is 4.39 Å². The van der Waals surface area contributed by atoms with Crippen LogP contribution in [0.15, 0.2) is 30.7 Å². The van der Waals surface area contributed by atoms with Crippen LogP contribution in [0.1, 0.15) is 44.6 Å². The SMILES string of the molecule is Nc1ncnc2c1c(-c1cc(OCC34CCC(CC3)O4)ccc1F)cn2[C@H]1C[C@@H](C(=O)N2CCSCC2)C1. The van der Waals surface area contributed by atoms with Crippen molar-refractivity contribution in [3.8, 4) is 16.9 Å². The van der Waals surface area contributed by atoms with E-state index in [-0.39, 0.29) is 29.3 Å². The Labute approximate surface area is 225 Å². The van der Waals surface area contributed by atoms with Crippen LogP contribution in [0.25, 0.3) is 22.2 Å². The zero-order valence-electron chi connectivity index (χ0n) is 21.3. The van der Waals surface area contributed by atoms with Crippen molar-refractivity contribution in [1.29, 1.82) is 0 Å². The molecule has 2 aromatic heterocycles. The van der Waals surface area contributed by atoms with Crippen molar-refractivity contribution < 1.29 is 18.7 Å². The molecule has 1 aliphatic carbocycles. The van der Waals surface area contributed by atoms with Gasteiger partial charge in [0.2, 0.25) is 5.91 Å². The molecule has 5 heterocycles. The molecule has 1 saturated carbocycles. The van der Waals surface area contributed by atoms with E-state index in [0.717, 1.165) is 63.1 Å². The van der Waals surface area contributed by atoms with Crippen LogP contribution in [-0.2, 0) is 9.53 Å². The molecule has 3 aromatic rings. The molecule has 0 spiro atoms. The van der Waals surface area contributed by atoms with Gasteiger partial charge in [0.1, 0.15) is 41.6 Å². The standard InChI is InChI=1S/C28H32FN5O3S/c29-23-2-1-20(36-15-28-5-3-19(37-28)4-6-28)13-21(23)22-14-34(26-24(22)25(30)31-16-32-26)18-11-17(12-18)27(35)33-7-9-38-10-8-33/h1-2,13-14,16-19H,3-12,15H2,(H2,30,31,32)/t17-,18+,19?,28?. The highest BCUT2D eigenvalue weighted by Gasteiger charge is 2.46. The summed E-state index contributed by atoms with van der Waals surface area (Å²) in [5.41, 5.74) is 7.81. The Hall–Kier alpha value is -2.85. The normalized spacial score (nSPS) is 28.6. The number of carbonyl (C=O) groups excluding carboxylic acids is 1. The summed E-state index contributed by atoms with van der Waals surface area (Å²) in [6, 6.07) is 4.94. The summed E-state index contributed by atoms with van der Waals surface area (Å²) in [5.74, 6) is 2.83. The lowest BCUT2D eigenvalue weighted by atomic mass is 9.79. The number of thioether (sulfide) groups is 1. The number of amides is 1. The molecule has 1 aromatic carbocycles. The van der Waals surface area contributed by atoms with Gasteiger partial charge in [-0.15, -0.1) is 0 Å². The maximum absolute atomic E-state index is 15.3. The van der Waals surface area contributed by atoms with Crippen molar-refractivity contribution in [1.82, 2.24) is 19.4 Å². The highest BCUT2D eigenvalue weighted by molar-refractivity contribution is 7.99. The van der Waals surface area contributed by atoms with Crippen molar-refractivity contribution in [2.45, 2.75) is 56.3 Å². The monoisotopic (exact) mass is 537 g/mol. The Morgan fingerprint density at radius 2 is 1.97 bits per heavy atom. The fourth-order valence-corrected chi connectivity index (χ4v) is 7.45. The average Bonchev–Trinajstić information content (AvgIpc) is 3.62. The number of aromatic nitrogens is 3. The second kappa shape index (κ2) is 9.41. The van der Waals surface area contributed by atoms with Gasteiger partial charge >= 0.3 is 0 Å². The number of nitrogens with zero attached hydrogens (tertiary/aromatic N) is 4. The van der Waals surface area contributed by atoms with Crippen molar-refractivity contribution in [3.05, 3.63) is 36.5 Å². The van der Waals surface area contributed by atoms with Crippen LogP contribution in [0.2, 0.25) is 0 Å². The molecule has 8 nitrogen and oxygen atoms in total. The van der Waals surface area contributed by atoms with Gasteiger partial charge in [-0.05, 0) is 56.7 Å². The Morgan fingerprint density at radius 3 is 2.71 bits per heavy atom. The molecule has 3 saturated heterocycles. The molecule has 0 atom stereocenters. The first kappa shape index (κ1) is 24.2. The predicted molar refractivity (Wildman–Crippen MR) is 145 cm³/mol. The van der Waals surface area contributed by atoms with Crippen molar-refractivity contribution in [2.75, 3.05) is 36.9 Å². The Balaban J connectivity index is 1.15. The number of benzene rings is 1. The molecular weight excluding hydrogens is 505 g/mol. The molecule has 10 heteroatoms. The zero-order valence-corrected chi connectivity index (χ0v) is 22.1. The summed E-state index contributed by atoms with van der Waals surface area (Å²) in [4.78, 5) is 23.7. The van der Waals surface area contributed by atoms with Crippen molar-refractivity contribution >= 4 is 34.5 Å². The maximum Gasteiger partial charge on any atom is 0.225 e. The minimum Gasteiger partial charge on any atom is -0.491 e. The number of anilines is 1. The van der Waals surface area contributed by atoms with Gasteiger partial charge in [0.05, 0.1) is 11.5 Å². The molecular formula is C28H32FN5O3S. The Morgan fingerprint density at radius 1 is 1.18 bits per heavy atom. The van der Waals surface area contributed by atoms with E-state index in [1.165, 1.54) is 12.4 Å². The van der Waals surface area contributed by atoms with Crippen molar-refractivity contribution in [2.24, 2.45) is 5.92 Å². The van der Waals surface area contributed by atoms with E-state index < -0.39 is 0 Å². The average molecular weight is 538 g/mol. The van der Waals surface area contributed by atoms with Crippen LogP contribution < -0.4 is 10.5 Å². The number of ether oxygens (including phenoxy) is 2. The van der Waals surface area contributed by atoms with E-state index in [1.807, 2.05) is 22.9 Å². The number of nitrogens with two attached hydrogens (primary N) is 1. The minimum absolute atomic E-state index is 0.0176. The topological polar surface area (TPSA) is 95.5 Å². The molecule has 4 aliphatic rings. The van der Waals surface area contributed by atoms with E-state index in [2.05, 4.69) is 14.5 Å². The summed E-state index contributed by atoms with van der Waals surface area (Å²) in [6.45, 7) is 2.13. The largest absolute Gasteiger partial charge is 0.491 e. The van der Waals surface area contributed by atoms with E-state index in [4.69, 9.17) is 15.2 Å². The first-order valence-corrected chi connectivity index (χ1v) is 14.7. The molecule has 38 heavy (non-hydrogen) atoms. The molecule has 200 valence electrons. The predicted octanol–water partition coefficient (Wildman–Crippen LogP) is 4.44. The van der Waals surface area contributed by atoms with Gasteiger partial charge < -0.3 is 24.7 Å². The number of carbonyl (C=O) groups is 1. The van der Waals surface area contributed by atoms with Gasteiger partial charge in [-0.2, -0.15) is 11.8 Å². The number of fused-ring (bicyclic) bond motifs is 3. The fourth-order valence-electron chi connectivity index (χ4n) is 6.55. The first-order chi connectivity index (χ1) is 18.5. The summed E-state index contributed by atoms with van der Waals surface area (Å²) < 4.78 is 29.6. The van der Waals surface area contributed by atoms with Gasteiger partial charge in [-0.25, -0.2) is 14.4 Å². The van der Waals surface area contributed by atoms with Gasteiger partial charge in [0.25, 0.3) is 0 Å². The van der Waals surface area contributed by atoms with E-state index in [1.54, 1.807) is 12.1 Å². The minimum atomic E-state index is -0.361.